The van der Waals surface area contributed by atoms with E-state index in [4.69, 9.17) is 9.84 Å². The third-order valence-corrected chi connectivity index (χ3v) is 3.77. The van der Waals surface area contributed by atoms with E-state index in [1.807, 2.05) is 12.4 Å². The average Bonchev–Trinajstić information content (AvgIpc) is 2.80. The first-order valence-electron chi connectivity index (χ1n) is 6.70. The minimum atomic E-state index is -0.475. The Morgan fingerprint density at radius 3 is 3.00 bits per heavy atom. The third-order valence-electron chi connectivity index (χ3n) is 2.77. The highest BCUT2D eigenvalue weighted by Crippen LogP contribution is 2.12. The fourth-order valence-corrected chi connectivity index (χ4v) is 2.40. The van der Waals surface area contributed by atoms with Crippen LogP contribution in [-0.2, 0) is 11.2 Å². The van der Waals surface area contributed by atoms with Crippen molar-refractivity contribution < 1.29 is 14.9 Å². The van der Waals surface area contributed by atoms with Crippen LogP contribution >= 0.6 is 11.3 Å². The highest BCUT2D eigenvalue weighted by atomic mass is 32.1. The Bertz CT molecular complexity index is 333. The molecule has 0 amide bonds. The standard InChI is InChI=1S/C13H24N2O3S/c1-11-13(19-10-15-11)4-7-18-9-12(17)8-14-5-2-3-6-16/h10,12,14,16-17H,2-9H2,1H3. The van der Waals surface area contributed by atoms with E-state index in [-0.39, 0.29) is 6.61 Å². The van der Waals surface area contributed by atoms with Gasteiger partial charge < -0.3 is 20.3 Å². The Balaban J connectivity index is 1.95. The van der Waals surface area contributed by atoms with Gasteiger partial charge in [0.05, 0.1) is 30.5 Å². The van der Waals surface area contributed by atoms with Gasteiger partial charge in [-0.15, -0.1) is 11.3 Å². The van der Waals surface area contributed by atoms with Crippen LogP contribution in [0, 0.1) is 6.92 Å². The molecule has 0 bridgehead atoms. The average molecular weight is 288 g/mol. The van der Waals surface area contributed by atoms with E-state index in [2.05, 4.69) is 10.3 Å². The first kappa shape index (κ1) is 16.5. The first-order valence-corrected chi connectivity index (χ1v) is 7.58. The fraction of sp³-hybridized carbons (Fsp3) is 0.769. The Morgan fingerprint density at radius 2 is 2.32 bits per heavy atom. The Labute approximate surface area is 118 Å². The Morgan fingerprint density at radius 1 is 1.47 bits per heavy atom. The van der Waals surface area contributed by atoms with Crippen molar-refractivity contribution in [3.05, 3.63) is 16.1 Å². The molecule has 0 saturated heterocycles. The molecule has 1 rings (SSSR count). The molecule has 110 valence electrons. The second-order valence-electron chi connectivity index (χ2n) is 4.47. The van der Waals surface area contributed by atoms with Gasteiger partial charge in [0.25, 0.3) is 0 Å². The minimum Gasteiger partial charge on any atom is -0.396 e. The van der Waals surface area contributed by atoms with Crippen molar-refractivity contribution in [1.29, 1.82) is 0 Å². The van der Waals surface area contributed by atoms with Crippen LogP contribution in [-0.4, -0.2) is 54.2 Å². The predicted molar refractivity (Wildman–Crippen MR) is 76.6 cm³/mol. The van der Waals surface area contributed by atoms with E-state index in [9.17, 15) is 5.11 Å². The summed E-state index contributed by atoms with van der Waals surface area (Å²) >= 11 is 1.64. The maximum absolute atomic E-state index is 9.67. The summed E-state index contributed by atoms with van der Waals surface area (Å²) in [5.41, 5.74) is 2.91. The van der Waals surface area contributed by atoms with Gasteiger partial charge in [-0.25, -0.2) is 4.98 Å². The number of hydrogen-bond donors (Lipinski definition) is 3. The van der Waals surface area contributed by atoms with Crippen molar-refractivity contribution in [2.24, 2.45) is 0 Å². The number of nitrogens with zero attached hydrogens (tertiary/aromatic N) is 1. The van der Waals surface area contributed by atoms with Crippen molar-refractivity contribution >= 4 is 11.3 Å². The zero-order valence-electron chi connectivity index (χ0n) is 11.5. The summed E-state index contributed by atoms with van der Waals surface area (Å²) in [6, 6.07) is 0. The molecular formula is C13H24N2O3S. The molecule has 1 aromatic rings. The number of aliphatic hydroxyl groups excluding tert-OH is 2. The van der Waals surface area contributed by atoms with E-state index < -0.39 is 6.10 Å². The minimum absolute atomic E-state index is 0.227. The Kier molecular flexibility index (Phi) is 8.94. The van der Waals surface area contributed by atoms with Crippen LogP contribution in [0.2, 0.25) is 0 Å². The van der Waals surface area contributed by atoms with Crippen LogP contribution in [0.3, 0.4) is 0 Å². The SMILES string of the molecule is Cc1ncsc1CCOCC(O)CNCCCCO. The maximum Gasteiger partial charge on any atom is 0.0897 e. The number of aromatic nitrogens is 1. The molecule has 3 N–H and O–H groups in total. The lowest BCUT2D eigenvalue weighted by Gasteiger charge is -2.12. The highest BCUT2D eigenvalue weighted by Gasteiger charge is 2.05. The molecule has 1 aromatic heterocycles. The number of unbranched alkanes of at least 4 members (excludes halogenated alkanes) is 1. The highest BCUT2D eigenvalue weighted by molar-refractivity contribution is 7.09. The van der Waals surface area contributed by atoms with Gasteiger partial charge in [-0.3, -0.25) is 0 Å². The smallest absolute Gasteiger partial charge is 0.0897 e. The number of hydrogen-bond acceptors (Lipinski definition) is 6. The molecule has 5 nitrogen and oxygen atoms in total. The van der Waals surface area contributed by atoms with Gasteiger partial charge in [0.15, 0.2) is 0 Å². The van der Waals surface area contributed by atoms with Crippen LogP contribution in [0.15, 0.2) is 5.51 Å². The van der Waals surface area contributed by atoms with Gasteiger partial charge in [0, 0.05) is 24.4 Å². The summed E-state index contributed by atoms with van der Waals surface area (Å²) in [6.07, 6.45) is 2.10. The molecule has 0 aliphatic rings. The van der Waals surface area contributed by atoms with E-state index in [0.717, 1.165) is 31.5 Å². The summed E-state index contributed by atoms with van der Waals surface area (Å²) in [6.45, 7) is 4.54. The van der Waals surface area contributed by atoms with Gasteiger partial charge in [0.1, 0.15) is 0 Å². The fourth-order valence-electron chi connectivity index (χ4n) is 1.64. The molecule has 0 aromatic carbocycles. The molecular weight excluding hydrogens is 264 g/mol. The van der Waals surface area contributed by atoms with E-state index in [0.29, 0.717) is 19.8 Å². The third kappa shape index (κ3) is 7.59. The van der Waals surface area contributed by atoms with Crippen LogP contribution in [0.4, 0.5) is 0 Å². The molecule has 0 spiro atoms. The van der Waals surface area contributed by atoms with Crippen molar-refractivity contribution in [3.8, 4) is 0 Å². The Hall–Kier alpha value is -0.530. The molecule has 0 saturated carbocycles. The lowest BCUT2D eigenvalue weighted by molar-refractivity contribution is 0.0385. The van der Waals surface area contributed by atoms with Gasteiger partial charge in [-0.1, -0.05) is 0 Å². The first-order chi connectivity index (χ1) is 9.24. The summed E-state index contributed by atoms with van der Waals surface area (Å²) < 4.78 is 5.45. The van der Waals surface area contributed by atoms with E-state index >= 15 is 0 Å². The topological polar surface area (TPSA) is 74.6 Å². The zero-order chi connectivity index (χ0) is 13.9. The zero-order valence-corrected chi connectivity index (χ0v) is 12.3. The van der Waals surface area contributed by atoms with Gasteiger partial charge in [-0.05, 0) is 26.3 Å². The van der Waals surface area contributed by atoms with Crippen molar-refractivity contribution in [2.45, 2.75) is 32.3 Å². The molecule has 0 aliphatic carbocycles. The van der Waals surface area contributed by atoms with Crippen molar-refractivity contribution in [2.75, 3.05) is 32.9 Å². The number of aliphatic hydroxyl groups is 2. The van der Waals surface area contributed by atoms with Crippen LogP contribution < -0.4 is 5.32 Å². The molecule has 0 aliphatic heterocycles. The van der Waals surface area contributed by atoms with Crippen LogP contribution in [0.1, 0.15) is 23.4 Å². The number of thiazole rings is 1. The number of ether oxygens (including phenoxy) is 1. The summed E-state index contributed by atoms with van der Waals surface area (Å²) in [4.78, 5) is 5.43. The monoisotopic (exact) mass is 288 g/mol. The molecule has 19 heavy (non-hydrogen) atoms. The van der Waals surface area contributed by atoms with Crippen molar-refractivity contribution in [1.82, 2.24) is 10.3 Å². The second-order valence-corrected chi connectivity index (χ2v) is 5.41. The van der Waals surface area contributed by atoms with Crippen LogP contribution in [0.5, 0.6) is 0 Å². The predicted octanol–water partition coefficient (Wildman–Crippen LogP) is 0.734. The molecule has 0 radical (unpaired) electrons. The van der Waals surface area contributed by atoms with Gasteiger partial charge in [-0.2, -0.15) is 0 Å². The van der Waals surface area contributed by atoms with E-state index in [1.165, 1.54) is 4.88 Å². The largest absolute Gasteiger partial charge is 0.396 e. The molecule has 1 unspecified atom stereocenters. The normalized spacial score (nSPS) is 12.8. The summed E-state index contributed by atoms with van der Waals surface area (Å²) in [7, 11) is 0. The number of nitrogens with one attached hydrogen (secondary N) is 1. The molecule has 1 heterocycles. The molecule has 6 heteroatoms. The number of aryl methyl sites for hydroxylation is 1. The lowest BCUT2D eigenvalue weighted by atomic mass is 10.3. The molecule has 0 fully saturated rings. The second kappa shape index (κ2) is 10.3. The van der Waals surface area contributed by atoms with E-state index in [1.54, 1.807) is 11.3 Å². The number of rotatable bonds is 11. The summed E-state index contributed by atoms with van der Waals surface area (Å²) in [5, 5.41) is 21.4. The van der Waals surface area contributed by atoms with Crippen LogP contribution in [0.25, 0.3) is 0 Å². The summed E-state index contributed by atoms with van der Waals surface area (Å²) in [5.74, 6) is 0. The lowest BCUT2D eigenvalue weighted by Crippen LogP contribution is -2.31. The van der Waals surface area contributed by atoms with Crippen molar-refractivity contribution in [3.63, 3.8) is 0 Å². The maximum atomic E-state index is 9.67. The quantitative estimate of drug-likeness (QED) is 0.524. The van der Waals surface area contributed by atoms with Gasteiger partial charge in [0.2, 0.25) is 0 Å². The molecule has 1 atom stereocenters. The van der Waals surface area contributed by atoms with Gasteiger partial charge >= 0.3 is 0 Å².